The van der Waals surface area contributed by atoms with Crippen molar-refractivity contribution in [3.63, 3.8) is 0 Å². The third-order valence-corrected chi connectivity index (χ3v) is 4.59. The molecular formula is C22H31NO2. The number of hydrogen-bond acceptors (Lipinski definition) is 3. The van der Waals surface area contributed by atoms with Gasteiger partial charge >= 0.3 is 0 Å². The monoisotopic (exact) mass is 341 g/mol. The molecule has 136 valence electrons. The molecule has 1 N–H and O–H groups in total. The molecule has 0 aromatic heterocycles. The SMILES string of the molecule is COCCO.c1ccc(CN(Cc2ccccc2)C2CCCC2)cc1. The van der Waals surface area contributed by atoms with Gasteiger partial charge in [-0.3, -0.25) is 4.90 Å². The maximum atomic E-state index is 7.94. The summed E-state index contributed by atoms with van der Waals surface area (Å²) in [5, 5.41) is 7.94. The minimum atomic E-state index is 0.122. The lowest BCUT2D eigenvalue weighted by atomic mass is 10.1. The summed E-state index contributed by atoms with van der Waals surface area (Å²) < 4.78 is 4.44. The summed E-state index contributed by atoms with van der Waals surface area (Å²) in [5.41, 5.74) is 2.85. The molecule has 0 heterocycles. The average molecular weight is 341 g/mol. The Bertz CT molecular complexity index is 509. The smallest absolute Gasteiger partial charge is 0.0693 e. The van der Waals surface area contributed by atoms with Gasteiger partial charge in [0.2, 0.25) is 0 Å². The Morgan fingerprint density at radius 2 is 1.36 bits per heavy atom. The molecule has 3 nitrogen and oxygen atoms in total. The van der Waals surface area contributed by atoms with Crippen molar-refractivity contribution >= 4 is 0 Å². The molecule has 2 aromatic rings. The van der Waals surface area contributed by atoms with Crippen LogP contribution in [0.3, 0.4) is 0 Å². The molecule has 2 aromatic carbocycles. The first-order valence-corrected chi connectivity index (χ1v) is 9.25. The summed E-state index contributed by atoms with van der Waals surface area (Å²) >= 11 is 0. The van der Waals surface area contributed by atoms with Crippen LogP contribution in [-0.4, -0.2) is 36.4 Å². The molecule has 3 heteroatoms. The van der Waals surface area contributed by atoms with E-state index in [1.807, 2.05) is 0 Å². The Morgan fingerprint density at radius 3 is 1.72 bits per heavy atom. The first kappa shape index (κ1) is 19.6. The highest BCUT2D eigenvalue weighted by molar-refractivity contribution is 5.17. The third kappa shape index (κ3) is 7.39. The molecule has 0 amide bonds. The molecule has 1 aliphatic rings. The molecule has 1 aliphatic carbocycles. The van der Waals surface area contributed by atoms with Gasteiger partial charge in [0.1, 0.15) is 0 Å². The normalized spacial score (nSPS) is 14.4. The van der Waals surface area contributed by atoms with Gasteiger partial charge in [-0.15, -0.1) is 0 Å². The van der Waals surface area contributed by atoms with Crippen LogP contribution in [-0.2, 0) is 17.8 Å². The summed E-state index contributed by atoms with van der Waals surface area (Å²) in [6, 6.07) is 22.5. The first-order chi connectivity index (χ1) is 12.3. The van der Waals surface area contributed by atoms with Crippen molar-refractivity contribution in [1.29, 1.82) is 0 Å². The van der Waals surface area contributed by atoms with Crippen molar-refractivity contribution in [2.75, 3.05) is 20.3 Å². The number of ether oxygens (including phenoxy) is 1. The van der Waals surface area contributed by atoms with E-state index in [9.17, 15) is 0 Å². The molecule has 1 saturated carbocycles. The predicted octanol–water partition coefficient (Wildman–Crippen LogP) is 4.26. The van der Waals surface area contributed by atoms with Gasteiger partial charge in [0.25, 0.3) is 0 Å². The quantitative estimate of drug-likeness (QED) is 0.817. The van der Waals surface area contributed by atoms with Gasteiger partial charge in [-0.1, -0.05) is 73.5 Å². The first-order valence-electron chi connectivity index (χ1n) is 9.25. The topological polar surface area (TPSA) is 32.7 Å². The van der Waals surface area contributed by atoms with Gasteiger partial charge in [-0.05, 0) is 24.0 Å². The summed E-state index contributed by atoms with van der Waals surface area (Å²) in [6.07, 6.45) is 5.51. The number of hydrogen-bond donors (Lipinski definition) is 1. The molecule has 0 aliphatic heterocycles. The highest BCUT2D eigenvalue weighted by atomic mass is 16.5. The molecule has 3 rings (SSSR count). The Kier molecular flexibility index (Phi) is 9.27. The van der Waals surface area contributed by atoms with E-state index in [0.29, 0.717) is 6.61 Å². The van der Waals surface area contributed by atoms with Crippen LogP contribution in [0.4, 0.5) is 0 Å². The fraction of sp³-hybridized carbons (Fsp3) is 0.455. The van der Waals surface area contributed by atoms with Crippen LogP contribution in [0.25, 0.3) is 0 Å². The number of nitrogens with zero attached hydrogens (tertiary/aromatic N) is 1. The van der Waals surface area contributed by atoms with Crippen molar-refractivity contribution in [3.05, 3.63) is 71.8 Å². The van der Waals surface area contributed by atoms with E-state index < -0.39 is 0 Å². The minimum absolute atomic E-state index is 0.122. The molecule has 0 bridgehead atoms. The van der Waals surface area contributed by atoms with Gasteiger partial charge in [0, 0.05) is 26.2 Å². The zero-order chi connectivity index (χ0) is 17.7. The van der Waals surface area contributed by atoms with Crippen molar-refractivity contribution in [1.82, 2.24) is 4.90 Å². The molecule has 0 radical (unpaired) electrons. The second-order valence-corrected chi connectivity index (χ2v) is 6.53. The van der Waals surface area contributed by atoms with Crippen LogP contribution in [0.1, 0.15) is 36.8 Å². The second-order valence-electron chi connectivity index (χ2n) is 6.53. The lowest BCUT2D eigenvalue weighted by molar-refractivity contribution is 0.135. The number of aliphatic hydroxyl groups is 1. The van der Waals surface area contributed by atoms with Crippen molar-refractivity contribution in [2.45, 2.75) is 44.8 Å². The van der Waals surface area contributed by atoms with Gasteiger partial charge in [0.15, 0.2) is 0 Å². The summed E-state index contributed by atoms with van der Waals surface area (Å²) in [5.74, 6) is 0. The zero-order valence-electron chi connectivity index (χ0n) is 15.3. The van der Waals surface area contributed by atoms with E-state index in [2.05, 4.69) is 70.3 Å². The Hall–Kier alpha value is -1.68. The van der Waals surface area contributed by atoms with Crippen LogP contribution in [0.15, 0.2) is 60.7 Å². The summed E-state index contributed by atoms with van der Waals surface area (Å²) in [7, 11) is 1.55. The molecule has 1 fully saturated rings. The van der Waals surface area contributed by atoms with Crippen LogP contribution in [0.5, 0.6) is 0 Å². The van der Waals surface area contributed by atoms with Crippen LogP contribution >= 0.6 is 0 Å². The van der Waals surface area contributed by atoms with E-state index in [-0.39, 0.29) is 6.61 Å². The Balaban J connectivity index is 0.000000399. The fourth-order valence-electron chi connectivity index (χ4n) is 3.31. The van der Waals surface area contributed by atoms with Crippen molar-refractivity contribution in [3.8, 4) is 0 Å². The zero-order valence-corrected chi connectivity index (χ0v) is 15.3. The van der Waals surface area contributed by atoms with E-state index in [0.717, 1.165) is 19.1 Å². The molecule has 0 atom stereocenters. The molecule has 0 unspecified atom stereocenters. The molecular weight excluding hydrogens is 310 g/mol. The summed E-state index contributed by atoms with van der Waals surface area (Å²) in [6.45, 7) is 2.71. The lowest BCUT2D eigenvalue weighted by Gasteiger charge is -2.29. The summed E-state index contributed by atoms with van der Waals surface area (Å²) in [4.78, 5) is 2.66. The maximum absolute atomic E-state index is 7.94. The van der Waals surface area contributed by atoms with Crippen LogP contribution in [0, 0.1) is 0 Å². The fourth-order valence-corrected chi connectivity index (χ4v) is 3.31. The largest absolute Gasteiger partial charge is 0.394 e. The molecule has 0 spiro atoms. The van der Waals surface area contributed by atoms with Gasteiger partial charge in [-0.25, -0.2) is 0 Å². The van der Waals surface area contributed by atoms with Crippen LogP contribution in [0.2, 0.25) is 0 Å². The maximum Gasteiger partial charge on any atom is 0.0693 e. The third-order valence-electron chi connectivity index (χ3n) is 4.59. The van der Waals surface area contributed by atoms with Gasteiger partial charge in [-0.2, -0.15) is 0 Å². The predicted molar refractivity (Wildman–Crippen MR) is 103 cm³/mol. The number of methoxy groups -OCH3 is 1. The Labute approximate surface area is 152 Å². The number of rotatable bonds is 7. The second kappa shape index (κ2) is 11.8. The van der Waals surface area contributed by atoms with Gasteiger partial charge in [0.05, 0.1) is 13.2 Å². The lowest BCUT2D eigenvalue weighted by Crippen LogP contribution is -2.32. The number of aliphatic hydroxyl groups excluding tert-OH is 1. The van der Waals surface area contributed by atoms with Crippen molar-refractivity contribution < 1.29 is 9.84 Å². The average Bonchev–Trinajstić information content (AvgIpc) is 3.19. The van der Waals surface area contributed by atoms with E-state index in [4.69, 9.17) is 5.11 Å². The van der Waals surface area contributed by atoms with E-state index >= 15 is 0 Å². The van der Waals surface area contributed by atoms with Crippen LogP contribution < -0.4 is 0 Å². The van der Waals surface area contributed by atoms with E-state index in [1.54, 1.807) is 7.11 Å². The van der Waals surface area contributed by atoms with Gasteiger partial charge < -0.3 is 9.84 Å². The Morgan fingerprint density at radius 1 is 0.880 bits per heavy atom. The molecule has 0 saturated heterocycles. The highest BCUT2D eigenvalue weighted by Gasteiger charge is 2.22. The molecule has 25 heavy (non-hydrogen) atoms. The number of benzene rings is 2. The van der Waals surface area contributed by atoms with Crippen molar-refractivity contribution in [2.24, 2.45) is 0 Å². The highest BCUT2D eigenvalue weighted by Crippen LogP contribution is 2.26. The van der Waals surface area contributed by atoms with E-state index in [1.165, 1.54) is 36.8 Å². The standard InChI is InChI=1S/C19H23N.C3H8O2/c1-3-9-17(10-4-1)15-20(19-13-7-8-14-19)16-18-11-5-2-6-12-18;1-5-3-2-4/h1-6,9-12,19H,7-8,13-16H2;4H,2-3H2,1H3. The minimum Gasteiger partial charge on any atom is -0.394 e.